The van der Waals surface area contributed by atoms with Gasteiger partial charge in [0.05, 0.1) is 4.92 Å². The maximum absolute atomic E-state index is 11.9. The van der Waals surface area contributed by atoms with Gasteiger partial charge in [0.15, 0.2) is 0 Å². The van der Waals surface area contributed by atoms with Crippen LogP contribution in [-0.2, 0) is 11.3 Å². The molecule has 1 aromatic carbocycles. The molecule has 2 rings (SSSR count). The summed E-state index contributed by atoms with van der Waals surface area (Å²) in [6.07, 6.45) is -1.05. The topological polar surface area (TPSA) is 155 Å². The SMILES string of the molecule is O=C(O)N/C(=N\C(=O)OCc1ccc([N+](=O)[O-])cc1)N1CCC(CO)CC1. The first-order valence-corrected chi connectivity index (χ1v) is 8.23. The standard InChI is InChI=1S/C16H20N4O7/c21-9-11-5-7-19(8-6-11)14(17-15(22)23)18-16(24)27-10-12-1-3-13(4-2-12)20(25)26/h1-4,11,21H,5-10H2,(H,22,23)(H,17,18,24). The number of likely N-dealkylation sites (tertiary alicyclic amines) is 1. The molecule has 0 atom stereocenters. The molecule has 1 fully saturated rings. The van der Waals surface area contributed by atoms with Crippen molar-refractivity contribution in [2.24, 2.45) is 10.9 Å². The fourth-order valence-corrected chi connectivity index (χ4v) is 2.58. The fraction of sp³-hybridized carbons (Fsp3) is 0.438. The number of aliphatic hydroxyl groups excluding tert-OH is 1. The monoisotopic (exact) mass is 380 g/mol. The van der Waals surface area contributed by atoms with E-state index >= 15 is 0 Å². The molecule has 1 saturated heterocycles. The first-order chi connectivity index (χ1) is 12.9. The lowest BCUT2D eigenvalue weighted by Crippen LogP contribution is -2.48. The van der Waals surface area contributed by atoms with Crippen LogP contribution in [-0.4, -0.2) is 57.9 Å². The largest absolute Gasteiger partial charge is 0.465 e. The highest BCUT2D eigenvalue weighted by molar-refractivity contribution is 5.98. The number of hydrogen-bond donors (Lipinski definition) is 3. The van der Waals surface area contributed by atoms with Crippen molar-refractivity contribution in [1.82, 2.24) is 10.2 Å². The predicted molar refractivity (Wildman–Crippen MR) is 93.3 cm³/mol. The number of guanidine groups is 1. The van der Waals surface area contributed by atoms with E-state index in [9.17, 15) is 19.7 Å². The second-order valence-electron chi connectivity index (χ2n) is 5.96. The van der Waals surface area contributed by atoms with Crippen molar-refractivity contribution in [2.45, 2.75) is 19.4 Å². The summed E-state index contributed by atoms with van der Waals surface area (Å²) in [6, 6.07) is 5.47. The minimum Gasteiger partial charge on any atom is -0.465 e. The van der Waals surface area contributed by atoms with Crippen molar-refractivity contribution in [2.75, 3.05) is 19.7 Å². The Morgan fingerprint density at radius 2 is 1.93 bits per heavy atom. The van der Waals surface area contributed by atoms with Crippen molar-refractivity contribution in [3.63, 3.8) is 0 Å². The van der Waals surface area contributed by atoms with Crippen LogP contribution in [0.3, 0.4) is 0 Å². The van der Waals surface area contributed by atoms with Gasteiger partial charge in [0.2, 0.25) is 5.96 Å². The molecule has 2 amide bonds. The van der Waals surface area contributed by atoms with Crippen molar-refractivity contribution in [3.05, 3.63) is 39.9 Å². The third-order valence-corrected chi connectivity index (χ3v) is 4.10. The minimum atomic E-state index is -1.36. The van der Waals surface area contributed by atoms with Crippen molar-refractivity contribution in [3.8, 4) is 0 Å². The summed E-state index contributed by atoms with van der Waals surface area (Å²) in [5.74, 6) is 0.00834. The normalized spacial score (nSPS) is 15.3. The third kappa shape index (κ3) is 6.22. The molecule has 1 heterocycles. The number of aliphatic hydroxyl groups is 1. The Kier molecular flexibility index (Phi) is 7.06. The van der Waals surface area contributed by atoms with E-state index in [1.165, 1.54) is 24.3 Å². The summed E-state index contributed by atoms with van der Waals surface area (Å²) in [5, 5.41) is 30.8. The van der Waals surface area contributed by atoms with E-state index < -0.39 is 17.1 Å². The highest BCUT2D eigenvalue weighted by Crippen LogP contribution is 2.17. The van der Waals surface area contributed by atoms with Gasteiger partial charge in [-0.25, -0.2) is 9.59 Å². The number of amides is 2. The lowest BCUT2D eigenvalue weighted by molar-refractivity contribution is -0.384. The number of ether oxygens (including phenoxy) is 1. The van der Waals surface area contributed by atoms with Crippen LogP contribution < -0.4 is 5.32 Å². The van der Waals surface area contributed by atoms with E-state index in [-0.39, 0.29) is 30.8 Å². The summed E-state index contributed by atoms with van der Waals surface area (Å²) in [6.45, 7) is 0.789. The zero-order valence-electron chi connectivity index (χ0n) is 14.4. The second-order valence-corrected chi connectivity index (χ2v) is 5.96. The van der Waals surface area contributed by atoms with Crippen LogP contribution in [0.5, 0.6) is 0 Å². The van der Waals surface area contributed by atoms with Crippen LogP contribution in [0.2, 0.25) is 0 Å². The molecule has 0 saturated carbocycles. The number of nitrogens with zero attached hydrogens (tertiary/aromatic N) is 3. The molecule has 146 valence electrons. The lowest BCUT2D eigenvalue weighted by Gasteiger charge is -2.32. The van der Waals surface area contributed by atoms with Crippen LogP contribution in [0.4, 0.5) is 15.3 Å². The molecular weight excluding hydrogens is 360 g/mol. The molecule has 1 aromatic rings. The Morgan fingerprint density at radius 1 is 1.30 bits per heavy atom. The summed E-state index contributed by atoms with van der Waals surface area (Å²) >= 11 is 0. The average molecular weight is 380 g/mol. The number of carboxylic acid groups (broad SMARTS) is 1. The predicted octanol–water partition coefficient (Wildman–Crippen LogP) is 1.56. The van der Waals surface area contributed by atoms with Crippen LogP contribution in [0, 0.1) is 16.0 Å². The van der Waals surface area contributed by atoms with Crippen molar-refractivity contribution in [1.29, 1.82) is 0 Å². The molecule has 1 aliphatic rings. The van der Waals surface area contributed by atoms with Gasteiger partial charge < -0.3 is 19.8 Å². The lowest BCUT2D eigenvalue weighted by atomic mass is 9.98. The number of rotatable bonds is 4. The molecule has 0 unspecified atom stereocenters. The first-order valence-electron chi connectivity index (χ1n) is 8.23. The Morgan fingerprint density at radius 3 is 2.44 bits per heavy atom. The number of carbonyl (C=O) groups excluding carboxylic acids is 1. The number of aliphatic imine (C=N–C) groups is 1. The van der Waals surface area contributed by atoms with Gasteiger partial charge in [-0.2, -0.15) is 0 Å². The van der Waals surface area contributed by atoms with Crippen LogP contribution in [0.15, 0.2) is 29.3 Å². The molecule has 3 N–H and O–H groups in total. The van der Waals surface area contributed by atoms with E-state index in [4.69, 9.17) is 14.9 Å². The molecular formula is C16H20N4O7. The molecule has 0 aromatic heterocycles. The Hall–Kier alpha value is -3.21. The Bertz CT molecular complexity index is 712. The van der Waals surface area contributed by atoms with E-state index in [1.807, 2.05) is 0 Å². The molecule has 27 heavy (non-hydrogen) atoms. The van der Waals surface area contributed by atoms with E-state index in [1.54, 1.807) is 4.90 Å². The number of non-ortho nitro benzene ring substituents is 1. The van der Waals surface area contributed by atoms with Gasteiger partial charge in [-0.3, -0.25) is 15.4 Å². The summed E-state index contributed by atoms with van der Waals surface area (Å²) in [7, 11) is 0. The van der Waals surface area contributed by atoms with E-state index in [0.29, 0.717) is 31.5 Å². The number of nitro benzene ring substituents is 1. The average Bonchev–Trinajstić information content (AvgIpc) is 2.66. The van der Waals surface area contributed by atoms with Crippen molar-refractivity contribution >= 4 is 23.8 Å². The smallest absolute Gasteiger partial charge is 0.437 e. The maximum Gasteiger partial charge on any atom is 0.437 e. The molecule has 1 aliphatic heterocycles. The minimum absolute atomic E-state index is 0.0595. The maximum atomic E-state index is 11.9. The van der Waals surface area contributed by atoms with E-state index in [0.717, 1.165) is 0 Å². The van der Waals surface area contributed by atoms with Gasteiger partial charge in [-0.15, -0.1) is 4.99 Å². The summed E-state index contributed by atoms with van der Waals surface area (Å²) < 4.78 is 4.98. The second kappa shape index (κ2) is 9.48. The van der Waals surface area contributed by atoms with Gasteiger partial charge in [0.1, 0.15) is 6.61 Å². The van der Waals surface area contributed by atoms with Crippen LogP contribution in [0.25, 0.3) is 0 Å². The molecule has 11 nitrogen and oxygen atoms in total. The highest BCUT2D eigenvalue weighted by atomic mass is 16.6. The molecule has 0 bridgehead atoms. The van der Waals surface area contributed by atoms with Gasteiger partial charge in [0.25, 0.3) is 5.69 Å². The van der Waals surface area contributed by atoms with Gasteiger partial charge in [-0.1, -0.05) is 0 Å². The number of piperidine rings is 1. The van der Waals surface area contributed by atoms with Crippen molar-refractivity contribution < 1.29 is 29.5 Å². The van der Waals surface area contributed by atoms with E-state index in [2.05, 4.69) is 10.3 Å². The number of nitro groups is 1. The zero-order valence-corrected chi connectivity index (χ0v) is 14.4. The summed E-state index contributed by atoms with van der Waals surface area (Å²) in [5.41, 5.74) is 0.447. The number of benzene rings is 1. The first kappa shape index (κ1) is 20.1. The van der Waals surface area contributed by atoms with Gasteiger partial charge in [0, 0.05) is 31.8 Å². The zero-order chi connectivity index (χ0) is 19.8. The van der Waals surface area contributed by atoms with Crippen LogP contribution in [0.1, 0.15) is 18.4 Å². The highest BCUT2D eigenvalue weighted by Gasteiger charge is 2.23. The number of hydrogen-bond acceptors (Lipinski definition) is 6. The Balaban J connectivity index is 1.97. The summed E-state index contributed by atoms with van der Waals surface area (Å²) in [4.78, 5) is 38.2. The fourth-order valence-electron chi connectivity index (χ4n) is 2.58. The molecule has 0 spiro atoms. The molecule has 11 heteroatoms. The third-order valence-electron chi connectivity index (χ3n) is 4.10. The quantitative estimate of drug-likeness (QED) is 0.308. The molecule has 0 radical (unpaired) electrons. The number of carbonyl (C=O) groups is 2. The Labute approximate surface area is 154 Å². The van der Waals surface area contributed by atoms with Crippen LogP contribution >= 0.6 is 0 Å². The molecule has 0 aliphatic carbocycles. The number of nitrogens with one attached hydrogen (secondary N) is 1. The van der Waals surface area contributed by atoms with Gasteiger partial charge >= 0.3 is 12.2 Å². The van der Waals surface area contributed by atoms with Gasteiger partial charge in [-0.05, 0) is 36.5 Å².